The molecule has 1 aliphatic heterocycles. The van der Waals surface area contributed by atoms with E-state index in [1.54, 1.807) is 24.0 Å². The third-order valence-corrected chi connectivity index (χ3v) is 4.36. The average Bonchev–Trinajstić information content (AvgIpc) is 2.43. The van der Waals surface area contributed by atoms with Crippen molar-refractivity contribution in [2.24, 2.45) is 11.8 Å². The topological polar surface area (TPSA) is 69.6 Å². The molecule has 0 saturated carbocycles. The van der Waals surface area contributed by atoms with Gasteiger partial charge in [0, 0.05) is 13.1 Å². The van der Waals surface area contributed by atoms with Crippen molar-refractivity contribution in [3.63, 3.8) is 0 Å². The summed E-state index contributed by atoms with van der Waals surface area (Å²) in [6.45, 7) is 7.56. The Kier molecular flexibility index (Phi) is 4.50. The second kappa shape index (κ2) is 6.16. The highest BCUT2D eigenvalue weighted by atomic mass is 16.4. The highest BCUT2D eigenvalue weighted by molar-refractivity contribution is 6.01. The SMILES string of the molecule is Cc1cccc(C(=O)O)c1NC(=O)N1CCC(C)C(C)C1. The molecule has 1 aliphatic rings. The number of hydrogen-bond donors (Lipinski definition) is 2. The van der Waals surface area contributed by atoms with Gasteiger partial charge in [-0.05, 0) is 36.8 Å². The standard InChI is InChI=1S/C16H22N2O3/c1-10-7-8-18(9-12(10)3)16(21)17-14-11(2)5-4-6-13(14)15(19)20/h4-6,10,12H,7-9H2,1-3H3,(H,17,21)(H,19,20). The number of amides is 2. The first-order chi connectivity index (χ1) is 9.90. The summed E-state index contributed by atoms with van der Waals surface area (Å²) in [4.78, 5) is 25.4. The first-order valence-electron chi connectivity index (χ1n) is 7.29. The Hall–Kier alpha value is -2.04. The highest BCUT2D eigenvalue weighted by Crippen LogP contribution is 2.25. The van der Waals surface area contributed by atoms with E-state index in [2.05, 4.69) is 19.2 Å². The molecule has 1 aromatic rings. The van der Waals surface area contributed by atoms with E-state index < -0.39 is 5.97 Å². The number of anilines is 1. The van der Waals surface area contributed by atoms with Crippen LogP contribution in [0.1, 0.15) is 36.2 Å². The normalized spacial score (nSPS) is 22.0. The fourth-order valence-electron chi connectivity index (χ4n) is 2.65. The molecule has 21 heavy (non-hydrogen) atoms. The van der Waals surface area contributed by atoms with Crippen LogP contribution >= 0.6 is 0 Å². The van der Waals surface area contributed by atoms with Crippen LogP contribution in [0.2, 0.25) is 0 Å². The van der Waals surface area contributed by atoms with Gasteiger partial charge in [0.15, 0.2) is 0 Å². The van der Waals surface area contributed by atoms with Crippen molar-refractivity contribution < 1.29 is 14.7 Å². The van der Waals surface area contributed by atoms with Crippen molar-refractivity contribution in [1.29, 1.82) is 0 Å². The van der Waals surface area contributed by atoms with Gasteiger partial charge in [-0.2, -0.15) is 0 Å². The van der Waals surface area contributed by atoms with Crippen LogP contribution in [0.4, 0.5) is 10.5 Å². The minimum atomic E-state index is -1.03. The number of nitrogens with zero attached hydrogens (tertiary/aromatic N) is 1. The van der Waals surface area contributed by atoms with Crippen LogP contribution in [0.15, 0.2) is 18.2 Å². The number of carbonyl (C=O) groups is 2. The van der Waals surface area contributed by atoms with Gasteiger partial charge >= 0.3 is 12.0 Å². The van der Waals surface area contributed by atoms with Crippen LogP contribution < -0.4 is 5.32 Å². The number of urea groups is 1. The van der Waals surface area contributed by atoms with Crippen LogP contribution in [-0.4, -0.2) is 35.1 Å². The highest BCUT2D eigenvalue weighted by Gasteiger charge is 2.26. The van der Waals surface area contributed by atoms with Gasteiger partial charge in [0.2, 0.25) is 0 Å². The first-order valence-corrected chi connectivity index (χ1v) is 7.29. The van der Waals surface area contributed by atoms with Crippen molar-refractivity contribution in [3.05, 3.63) is 29.3 Å². The second-order valence-corrected chi connectivity index (χ2v) is 5.92. The number of rotatable bonds is 2. The summed E-state index contributed by atoms with van der Waals surface area (Å²) < 4.78 is 0. The van der Waals surface area contributed by atoms with E-state index in [1.165, 1.54) is 6.07 Å². The maximum Gasteiger partial charge on any atom is 0.337 e. The zero-order valence-corrected chi connectivity index (χ0v) is 12.7. The Morgan fingerprint density at radius 3 is 2.62 bits per heavy atom. The Morgan fingerprint density at radius 2 is 2.00 bits per heavy atom. The number of hydrogen-bond acceptors (Lipinski definition) is 2. The van der Waals surface area contributed by atoms with Gasteiger partial charge in [-0.3, -0.25) is 0 Å². The summed E-state index contributed by atoms with van der Waals surface area (Å²) in [6, 6.07) is 4.76. The number of piperidine rings is 1. The molecule has 1 heterocycles. The minimum Gasteiger partial charge on any atom is -0.478 e. The van der Waals surface area contributed by atoms with Crippen molar-refractivity contribution in [1.82, 2.24) is 4.90 Å². The Balaban J connectivity index is 2.15. The lowest BCUT2D eigenvalue weighted by Crippen LogP contribution is -2.44. The predicted octanol–water partition coefficient (Wildman–Crippen LogP) is 3.20. The lowest BCUT2D eigenvalue weighted by atomic mass is 9.89. The molecular weight excluding hydrogens is 268 g/mol. The van der Waals surface area contributed by atoms with Gasteiger partial charge in [0.05, 0.1) is 11.3 Å². The van der Waals surface area contributed by atoms with Crippen molar-refractivity contribution in [2.45, 2.75) is 27.2 Å². The zero-order valence-electron chi connectivity index (χ0n) is 12.7. The van der Waals surface area contributed by atoms with E-state index in [0.29, 0.717) is 30.6 Å². The van der Waals surface area contributed by atoms with Crippen LogP contribution in [0.5, 0.6) is 0 Å². The third-order valence-electron chi connectivity index (χ3n) is 4.36. The molecule has 2 unspecified atom stereocenters. The van der Waals surface area contributed by atoms with Gasteiger partial charge in [-0.1, -0.05) is 26.0 Å². The second-order valence-electron chi connectivity index (χ2n) is 5.92. The zero-order chi connectivity index (χ0) is 15.6. The summed E-state index contributed by atoms with van der Waals surface area (Å²) in [6.07, 6.45) is 0.980. The molecule has 0 spiro atoms. The van der Waals surface area contributed by atoms with E-state index in [1.807, 2.05) is 0 Å². The monoisotopic (exact) mass is 290 g/mol. The van der Waals surface area contributed by atoms with E-state index >= 15 is 0 Å². The molecule has 1 saturated heterocycles. The Morgan fingerprint density at radius 1 is 1.29 bits per heavy atom. The average molecular weight is 290 g/mol. The van der Waals surface area contributed by atoms with E-state index in [0.717, 1.165) is 12.0 Å². The van der Waals surface area contributed by atoms with Gasteiger partial charge in [-0.15, -0.1) is 0 Å². The summed E-state index contributed by atoms with van der Waals surface area (Å²) in [7, 11) is 0. The van der Waals surface area contributed by atoms with E-state index in [4.69, 9.17) is 0 Å². The Labute approximate surface area is 125 Å². The molecule has 1 aromatic carbocycles. The molecular formula is C16H22N2O3. The van der Waals surface area contributed by atoms with Crippen LogP contribution in [0.25, 0.3) is 0 Å². The Bertz CT molecular complexity index is 556. The van der Waals surface area contributed by atoms with Gasteiger partial charge in [0.25, 0.3) is 0 Å². The number of aromatic carboxylic acids is 1. The molecule has 2 atom stereocenters. The molecule has 5 heteroatoms. The van der Waals surface area contributed by atoms with Gasteiger partial charge < -0.3 is 15.3 Å². The molecule has 5 nitrogen and oxygen atoms in total. The predicted molar refractivity (Wildman–Crippen MR) is 81.7 cm³/mol. The molecule has 2 N–H and O–H groups in total. The smallest absolute Gasteiger partial charge is 0.337 e. The number of carboxylic acids is 1. The molecule has 0 bridgehead atoms. The van der Waals surface area contributed by atoms with Gasteiger partial charge in [0.1, 0.15) is 0 Å². The molecule has 2 amide bonds. The number of aryl methyl sites for hydroxylation is 1. The molecule has 0 aromatic heterocycles. The van der Waals surface area contributed by atoms with Crippen LogP contribution in [0, 0.1) is 18.8 Å². The molecule has 2 rings (SSSR count). The van der Waals surface area contributed by atoms with Crippen molar-refractivity contribution >= 4 is 17.7 Å². The van der Waals surface area contributed by atoms with Crippen molar-refractivity contribution in [2.75, 3.05) is 18.4 Å². The summed E-state index contributed by atoms with van der Waals surface area (Å²) >= 11 is 0. The maximum atomic E-state index is 12.4. The first kappa shape index (κ1) is 15.4. The minimum absolute atomic E-state index is 0.127. The quantitative estimate of drug-likeness (QED) is 0.878. The number of benzene rings is 1. The number of likely N-dealkylation sites (tertiary alicyclic amines) is 1. The number of carbonyl (C=O) groups excluding carboxylic acids is 1. The number of nitrogens with one attached hydrogen (secondary N) is 1. The summed E-state index contributed by atoms with van der Waals surface area (Å²) in [5.41, 5.74) is 1.27. The van der Waals surface area contributed by atoms with Gasteiger partial charge in [-0.25, -0.2) is 9.59 Å². The lowest BCUT2D eigenvalue weighted by molar-refractivity contribution is 0.0698. The molecule has 1 fully saturated rings. The van der Waals surface area contributed by atoms with Crippen LogP contribution in [0.3, 0.4) is 0 Å². The molecule has 114 valence electrons. The number of para-hydroxylation sites is 1. The molecule has 0 aliphatic carbocycles. The van der Waals surface area contributed by atoms with E-state index in [-0.39, 0.29) is 11.6 Å². The maximum absolute atomic E-state index is 12.4. The fourth-order valence-corrected chi connectivity index (χ4v) is 2.65. The molecule has 0 radical (unpaired) electrons. The summed E-state index contributed by atoms with van der Waals surface area (Å²) in [5.74, 6) is 0.0389. The number of carboxylic acid groups (broad SMARTS) is 1. The lowest BCUT2D eigenvalue weighted by Gasteiger charge is -2.35. The van der Waals surface area contributed by atoms with Crippen LogP contribution in [-0.2, 0) is 0 Å². The van der Waals surface area contributed by atoms with Crippen molar-refractivity contribution in [3.8, 4) is 0 Å². The third kappa shape index (κ3) is 3.35. The fraction of sp³-hybridized carbons (Fsp3) is 0.500. The largest absolute Gasteiger partial charge is 0.478 e. The summed E-state index contributed by atoms with van der Waals surface area (Å²) in [5, 5.41) is 12.0. The van der Waals surface area contributed by atoms with E-state index in [9.17, 15) is 14.7 Å².